The first-order chi connectivity index (χ1) is 9.09. The molecule has 1 aromatic rings. The lowest BCUT2D eigenvalue weighted by molar-refractivity contribution is 0.195. The van der Waals surface area contributed by atoms with Gasteiger partial charge in [-0.1, -0.05) is 18.2 Å². The zero-order valence-electron chi connectivity index (χ0n) is 11.2. The highest BCUT2D eigenvalue weighted by molar-refractivity contribution is 5.79. The lowest BCUT2D eigenvalue weighted by atomic mass is 10.2. The number of likely N-dealkylation sites (N-methyl/N-ethyl adjacent to an activating group) is 1. The van der Waals surface area contributed by atoms with E-state index in [1.54, 1.807) is 26.5 Å². The van der Waals surface area contributed by atoms with E-state index in [9.17, 15) is 4.79 Å². The molecule has 0 saturated carbocycles. The normalized spacial score (nSPS) is 17.8. The summed E-state index contributed by atoms with van der Waals surface area (Å²) in [6.45, 7) is 1.98. The molecule has 98 valence electrons. The summed E-state index contributed by atoms with van der Waals surface area (Å²) in [6, 6.07) is 7.65. The summed E-state index contributed by atoms with van der Waals surface area (Å²) in [5.41, 5.74) is 2.60. The minimum Gasteiger partial charge on any atom is -0.304 e. The number of rotatable bonds is 2. The average molecular weight is 256 g/mol. The molecule has 0 aliphatic carbocycles. The molecule has 1 aliphatic rings. The summed E-state index contributed by atoms with van der Waals surface area (Å²) in [6.07, 6.45) is 5.10. The van der Waals surface area contributed by atoms with Crippen molar-refractivity contribution in [3.63, 3.8) is 0 Å². The number of aryl methyl sites for hydroxylation is 1. The fourth-order valence-electron chi connectivity index (χ4n) is 1.67. The van der Waals surface area contributed by atoms with Gasteiger partial charge in [-0.25, -0.2) is 4.79 Å². The average Bonchev–Trinajstić information content (AvgIpc) is 2.41. The summed E-state index contributed by atoms with van der Waals surface area (Å²) in [4.78, 5) is 14.7. The minimum atomic E-state index is -0.0974. The van der Waals surface area contributed by atoms with Crippen LogP contribution in [0.5, 0.6) is 0 Å². The fourth-order valence-corrected chi connectivity index (χ4v) is 1.67. The van der Waals surface area contributed by atoms with Crippen LogP contribution in [0.2, 0.25) is 0 Å². The Bertz CT molecular complexity index is 575. The van der Waals surface area contributed by atoms with Crippen molar-refractivity contribution in [3.8, 4) is 0 Å². The smallest absolute Gasteiger partial charge is 0.304 e. The predicted molar refractivity (Wildman–Crippen MR) is 73.8 cm³/mol. The van der Waals surface area contributed by atoms with E-state index in [4.69, 9.17) is 0 Å². The molecule has 19 heavy (non-hydrogen) atoms. The molecular formula is C14H16N4O. The Balaban J connectivity index is 2.17. The van der Waals surface area contributed by atoms with E-state index in [-0.39, 0.29) is 6.03 Å². The third kappa shape index (κ3) is 2.88. The predicted octanol–water partition coefficient (Wildman–Crippen LogP) is 3.43. The summed E-state index contributed by atoms with van der Waals surface area (Å²) in [5, 5.41) is 8.18. The van der Waals surface area contributed by atoms with Gasteiger partial charge in [-0.15, -0.1) is 0 Å². The molecule has 2 rings (SSSR count). The maximum Gasteiger partial charge on any atom is 0.328 e. The van der Waals surface area contributed by atoms with E-state index >= 15 is 0 Å². The van der Waals surface area contributed by atoms with Crippen LogP contribution in [0.15, 0.2) is 58.7 Å². The Morgan fingerprint density at radius 2 is 1.95 bits per heavy atom. The van der Waals surface area contributed by atoms with Gasteiger partial charge < -0.3 is 4.90 Å². The topological polar surface area (TPSA) is 48.3 Å². The summed E-state index contributed by atoms with van der Waals surface area (Å²) >= 11 is 0. The molecule has 0 atom stereocenters. The van der Waals surface area contributed by atoms with Crippen molar-refractivity contribution < 1.29 is 4.79 Å². The monoisotopic (exact) mass is 256 g/mol. The molecule has 1 aromatic carbocycles. The molecule has 1 aliphatic heterocycles. The first-order valence-electron chi connectivity index (χ1n) is 5.95. The molecule has 0 saturated heterocycles. The van der Waals surface area contributed by atoms with Crippen molar-refractivity contribution in [2.45, 2.75) is 6.92 Å². The van der Waals surface area contributed by atoms with Gasteiger partial charge in [0, 0.05) is 20.3 Å². The van der Waals surface area contributed by atoms with Crippen LogP contribution < -0.4 is 0 Å². The zero-order valence-corrected chi connectivity index (χ0v) is 11.2. The number of amides is 2. The number of nitrogens with zero attached hydrogens (tertiary/aromatic N) is 4. The second kappa shape index (κ2) is 5.48. The molecule has 0 radical (unpaired) electrons. The van der Waals surface area contributed by atoms with Gasteiger partial charge in [0.2, 0.25) is 0 Å². The summed E-state index contributed by atoms with van der Waals surface area (Å²) in [5.74, 6) is 0. The molecule has 0 bridgehead atoms. The van der Waals surface area contributed by atoms with Crippen molar-refractivity contribution in [3.05, 3.63) is 54.0 Å². The van der Waals surface area contributed by atoms with E-state index < -0.39 is 0 Å². The van der Waals surface area contributed by atoms with Crippen molar-refractivity contribution in [2.24, 2.45) is 10.2 Å². The van der Waals surface area contributed by atoms with Gasteiger partial charge in [0.25, 0.3) is 0 Å². The van der Waals surface area contributed by atoms with Gasteiger partial charge in [-0.2, -0.15) is 10.2 Å². The largest absolute Gasteiger partial charge is 0.328 e. The van der Waals surface area contributed by atoms with Gasteiger partial charge >= 0.3 is 6.03 Å². The number of urea groups is 1. The van der Waals surface area contributed by atoms with Crippen LogP contribution in [0.4, 0.5) is 10.5 Å². The van der Waals surface area contributed by atoms with Crippen molar-refractivity contribution in [1.29, 1.82) is 0 Å². The van der Waals surface area contributed by atoms with Gasteiger partial charge in [0.15, 0.2) is 0 Å². The third-order valence-corrected chi connectivity index (χ3v) is 2.92. The Labute approximate surface area is 112 Å². The molecule has 0 aromatic heterocycles. The lowest BCUT2D eigenvalue weighted by Crippen LogP contribution is -2.37. The highest BCUT2D eigenvalue weighted by Gasteiger charge is 2.18. The number of allylic oxidation sites excluding steroid dienone is 1. The van der Waals surface area contributed by atoms with Crippen LogP contribution in [0.1, 0.15) is 5.56 Å². The van der Waals surface area contributed by atoms with Crippen LogP contribution in [0.25, 0.3) is 0 Å². The lowest BCUT2D eigenvalue weighted by Gasteiger charge is -2.26. The highest BCUT2D eigenvalue weighted by atomic mass is 16.2. The van der Waals surface area contributed by atoms with Crippen LogP contribution in [-0.2, 0) is 0 Å². The third-order valence-electron chi connectivity index (χ3n) is 2.92. The van der Waals surface area contributed by atoms with Crippen LogP contribution in [-0.4, -0.2) is 29.9 Å². The Hall–Kier alpha value is -2.43. The molecule has 0 spiro atoms. The molecule has 0 fully saturated rings. The van der Waals surface area contributed by atoms with Crippen molar-refractivity contribution in [2.75, 3.05) is 14.1 Å². The van der Waals surface area contributed by atoms with E-state index in [1.807, 2.05) is 37.3 Å². The van der Waals surface area contributed by atoms with Gasteiger partial charge in [-0.05, 0) is 24.6 Å². The zero-order chi connectivity index (χ0) is 13.8. The first kappa shape index (κ1) is 13.0. The number of benzene rings is 1. The fraction of sp³-hybridized carbons (Fsp3) is 0.214. The summed E-state index contributed by atoms with van der Waals surface area (Å²) in [7, 11) is 3.42. The molecule has 1 heterocycles. The van der Waals surface area contributed by atoms with Crippen molar-refractivity contribution >= 4 is 11.7 Å². The molecule has 5 heteroatoms. The quantitative estimate of drug-likeness (QED) is 0.748. The second-order valence-electron chi connectivity index (χ2n) is 4.32. The number of azo groups is 1. The molecular weight excluding hydrogens is 240 g/mol. The molecule has 5 nitrogen and oxygen atoms in total. The number of carbonyl (C=O) groups is 1. The van der Waals surface area contributed by atoms with E-state index in [0.29, 0.717) is 5.70 Å². The Kier molecular flexibility index (Phi) is 3.75. The first-order valence-corrected chi connectivity index (χ1v) is 5.95. The van der Waals surface area contributed by atoms with Crippen LogP contribution >= 0.6 is 0 Å². The van der Waals surface area contributed by atoms with E-state index in [0.717, 1.165) is 11.3 Å². The summed E-state index contributed by atoms with van der Waals surface area (Å²) < 4.78 is 0. The second-order valence-corrected chi connectivity index (χ2v) is 4.32. The van der Waals surface area contributed by atoms with E-state index in [1.165, 1.54) is 9.80 Å². The number of hydrogen-bond acceptors (Lipinski definition) is 3. The molecule has 2 amide bonds. The van der Waals surface area contributed by atoms with Gasteiger partial charge in [0.1, 0.15) is 0 Å². The van der Waals surface area contributed by atoms with Gasteiger partial charge in [-0.3, -0.25) is 4.90 Å². The SMILES string of the molecule is Cc1ccccc1N=NC=C1C=CN(C)C(=O)N1C. The van der Waals surface area contributed by atoms with Crippen LogP contribution in [0.3, 0.4) is 0 Å². The molecule has 0 N–H and O–H groups in total. The maximum absolute atomic E-state index is 11.7. The van der Waals surface area contributed by atoms with Gasteiger partial charge in [0.05, 0.1) is 17.6 Å². The number of hydrogen-bond donors (Lipinski definition) is 0. The Morgan fingerprint density at radius 1 is 1.21 bits per heavy atom. The standard InChI is InChI=1S/C14H16N4O/c1-11-6-4-5-7-13(11)16-15-10-12-8-9-17(2)14(19)18(12)3/h4-10H,1-3H3. The van der Waals surface area contributed by atoms with E-state index in [2.05, 4.69) is 10.2 Å². The Morgan fingerprint density at radius 3 is 2.68 bits per heavy atom. The van der Waals surface area contributed by atoms with Crippen LogP contribution in [0, 0.1) is 6.92 Å². The van der Waals surface area contributed by atoms with Crippen molar-refractivity contribution in [1.82, 2.24) is 9.80 Å². The maximum atomic E-state index is 11.7. The number of carbonyl (C=O) groups excluding carboxylic acids is 1. The highest BCUT2D eigenvalue weighted by Crippen LogP contribution is 2.18. The minimum absolute atomic E-state index is 0.0974. The molecule has 0 unspecified atom stereocenters.